The van der Waals surface area contributed by atoms with E-state index in [2.05, 4.69) is 47.0 Å². The summed E-state index contributed by atoms with van der Waals surface area (Å²) >= 11 is 3.30. The van der Waals surface area contributed by atoms with Crippen LogP contribution in [0.1, 0.15) is 41.0 Å². The summed E-state index contributed by atoms with van der Waals surface area (Å²) in [6, 6.07) is 0. The van der Waals surface area contributed by atoms with E-state index in [4.69, 9.17) is 9.47 Å². The summed E-state index contributed by atoms with van der Waals surface area (Å²) in [4.78, 5) is 23.6. The van der Waals surface area contributed by atoms with E-state index in [-0.39, 0.29) is 18.5 Å². The Morgan fingerprint density at radius 1 is 1.13 bits per heavy atom. The Kier molecular flexibility index (Phi) is 8.05. The average molecular weight is 405 g/mol. The molecule has 23 heavy (non-hydrogen) atoms. The molecule has 0 rings (SSSR count). The Hall–Kier alpha value is -0.803. The second kappa shape index (κ2) is 8.34. The number of alkyl halides is 1. The maximum atomic E-state index is 12.2. The van der Waals surface area contributed by atoms with Crippen LogP contribution in [0.4, 0.5) is 0 Å². The van der Waals surface area contributed by atoms with Crippen LogP contribution in [-0.4, -0.2) is 37.0 Å². The van der Waals surface area contributed by atoms with Crippen molar-refractivity contribution in [3.05, 3.63) is 0 Å². The number of halogens is 1. The molecule has 0 spiro atoms. The number of esters is 2. The molecule has 4 nitrogen and oxygen atoms in total. The number of hydrogen-bond acceptors (Lipinski definition) is 4. The molecule has 6 heteroatoms. The van der Waals surface area contributed by atoms with E-state index in [0.29, 0.717) is 6.42 Å². The van der Waals surface area contributed by atoms with Crippen molar-refractivity contribution >= 4 is 35.9 Å². The van der Waals surface area contributed by atoms with Gasteiger partial charge in [0.05, 0.1) is 5.41 Å². The Morgan fingerprint density at radius 3 is 2.09 bits per heavy atom. The minimum atomic E-state index is -1.46. The van der Waals surface area contributed by atoms with Crippen molar-refractivity contribution in [2.45, 2.75) is 71.1 Å². The summed E-state index contributed by atoms with van der Waals surface area (Å²) in [6.45, 7) is 15.4. The maximum absolute atomic E-state index is 12.2. The van der Waals surface area contributed by atoms with Crippen molar-refractivity contribution in [3.8, 4) is 11.5 Å². The SMILES string of the molecule is CC(C)(C)OC(=O)C(Br)CC(C)(C)C(=O)OCC#C[Si](C)(C)C. The van der Waals surface area contributed by atoms with Gasteiger partial charge in [-0.15, -0.1) is 5.54 Å². The molecule has 132 valence electrons. The molecule has 0 bridgehead atoms. The topological polar surface area (TPSA) is 52.6 Å². The van der Waals surface area contributed by atoms with Crippen LogP contribution in [0, 0.1) is 16.9 Å². The highest BCUT2D eigenvalue weighted by molar-refractivity contribution is 9.10. The van der Waals surface area contributed by atoms with Crippen LogP contribution in [0.15, 0.2) is 0 Å². The van der Waals surface area contributed by atoms with Gasteiger partial charge >= 0.3 is 11.9 Å². The number of hydrogen-bond donors (Lipinski definition) is 0. The lowest BCUT2D eigenvalue weighted by Crippen LogP contribution is -2.35. The molecule has 1 atom stereocenters. The summed E-state index contributed by atoms with van der Waals surface area (Å²) in [7, 11) is -1.46. The lowest BCUT2D eigenvalue weighted by atomic mass is 9.88. The van der Waals surface area contributed by atoms with Gasteiger partial charge in [-0.25, -0.2) is 0 Å². The molecule has 0 saturated heterocycles. The van der Waals surface area contributed by atoms with Gasteiger partial charge in [-0.05, 0) is 41.0 Å². The van der Waals surface area contributed by atoms with Crippen LogP contribution >= 0.6 is 15.9 Å². The normalized spacial score (nSPS) is 13.6. The van der Waals surface area contributed by atoms with E-state index in [1.54, 1.807) is 34.6 Å². The van der Waals surface area contributed by atoms with Gasteiger partial charge in [0.2, 0.25) is 0 Å². The van der Waals surface area contributed by atoms with Crippen molar-refractivity contribution in [1.29, 1.82) is 0 Å². The highest BCUT2D eigenvalue weighted by Gasteiger charge is 2.35. The molecule has 0 aliphatic carbocycles. The molecule has 0 amide bonds. The summed E-state index contributed by atoms with van der Waals surface area (Å²) in [6.07, 6.45) is 0.294. The minimum absolute atomic E-state index is 0.0892. The van der Waals surface area contributed by atoms with Crippen LogP contribution in [-0.2, 0) is 19.1 Å². The second-order valence-electron chi connectivity index (χ2n) is 8.22. The molecule has 0 aliphatic rings. The van der Waals surface area contributed by atoms with E-state index >= 15 is 0 Å². The van der Waals surface area contributed by atoms with E-state index in [1.165, 1.54) is 0 Å². The minimum Gasteiger partial charge on any atom is -0.459 e. The van der Waals surface area contributed by atoms with Crippen molar-refractivity contribution in [2.24, 2.45) is 5.41 Å². The predicted molar refractivity (Wildman–Crippen MR) is 99.0 cm³/mol. The van der Waals surface area contributed by atoms with Gasteiger partial charge in [-0.1, -0.05) is 41.5 Å². The van der Waals surface area contributed by atoms with E-state index in [1.807, 2.05) is 0 Å². The largest absolute Gasteiger partial charge is 0.459 e. The van der Waals surface area contributed by atoms with Gasteiger partial charge in [-0.2, -0.15) is 0 Å². The first-order valence-corrected chi connectivity index (χ1v) is 12.1. The Bertz CT molecular complexity index is 489. The predicted octanol–water partition coefficient (Wildman–Crippen LogP) is 3.93. The highest BCUT2D eigenvalue weighted by atomic mass is 79.9. The first-order chi connectivity index (χ1) is 10.1. The fraction of sp³-hybridized carbons (Fsp3) is 0.765. The fourth-order valence-corrected chi connectivity index (χ4v) is 3.08. The smallest absolute Gasteiger partial charge is 0.320 e. The molecule has 1 unspecified atom stereocenters. The lowest BCUT2D eigenvalue weighted by Gasteiger charge is -2.26. The Morgan fingerprint density at radius 2 is 1.65 bits per heavy atom. The molecule has 0 fully saturated rings. The summed E-state index contributed by atoms with van der Waals surface area (Å²) in [5.41, 5.74) is 1.79. The molecule has 0 N–H and O–H groups in total. The van der Waals surface area contributed by atoms with Crippen LogP contribution in [0.3, 0.4) is 0 Å². The Balaban J connectivity index is 4.58. The summed E-state index contributed by atoms with van der Waals surface area (Å²) in [5.74, 6) is 2.16. The zero-order chi connectivity index (χ0) is 18.5. The van der Waals surface area contributed by atoms with Crippen LogP contribution in [0.5, 0.6) is 0 Å². The van der Waals surface area contributed by atoms with Gasteiger partial charge in [0.1, 0.15) is 18.5 Å². The molecule has 0 saturated carbocycles. The van der Waals surface area contributed by atoms with E-state index in [0.717, 1.165) is 0 Å². The average Bonchev–Trinajstić information content (AvgIpc) is 2.30. The lowest BCUT2D eigenvalue weighted by molar-refractivity contribution is -0.157. The van der Waals surface area contributed by atoms with Crippen LogP contribution in [0.2, 0.25) is 19.6 Å². The second-order valence-corrected chi connectivity index (χ2v) is 14.1. The van der Waals surface area contributed by atoms with Crippen molar-refractivity contribution in [3.63, 3.8) is 0 Å². The molecule has 0 radical (unpaired) electrons. The third-order valence-corrected chi connectivity index (χ3v) is 4.27. The molecule has 0 aromatic rings. The number of carbonyl (C=O) groups is 2. The molecular formula is C17H29BrO4Si. The molecule has 0 heterocycles. The van der Waals surface area contributed by atoms with E-state index in [9.17, 15) is 9.59 Å². The van der Waals surface area contributed by atoms with Crippen molar-refractivity contribution < 1.29 is 19.1 Å². The van der Waals surface area contributed by atoms with E-state index < -0.39 is 23.9 Å². The van der Waals surface area contributed by atoms with Gasteiger partial charge in [-0.3, -0.25) is 9.59 Å². The summed E-state index contributed by atoms with van der Waals surface area (Å²) < 4.78 is 10.5. The first-order valence-electron chi connectivity index (χ1n) is 7.68. The zero-order valence-electron chi connectivity index (χ0n) is 15.5. The van der Waals surface area contributed by atoms with Crippen LogP contribution in [0.25, 0.3) is 0 Å². The molecular weight excluding hydrogens is 376 g/mol. The quantitative estimate of drug-likeness (QED) is 0.301. The number of rotatable bonds is 5. The Labute approximate surface area is 149 Å². The zero-order valence-corrected chi connectivity index (χ0v) is 18.1. The standard InChI is InChI=1S/C17H29BrO4Si/c1-16(2,3)22-14(19)13(18)12-17(4,5)15(20)21-10-9-11-23(6,7)8/h13H,10,12H2,1-8H3. The molecule has 0 aromatic carbocycles. The van der Waals surface area contributed by atoms with Gasteiger partial charge < -0.3 is 9.47 Å². The first kappa shape index (κ1) is 22.2. The van der Waals surface area contributed by atoms with Gasteiger partial charge in [0, 0.05) is 0 Å². The third kappa shape index (κ3) is 10.6. The van der Waals surface area contributed by atoms with Crippen LogP contribution < -0.4 is 0 Å². The van der Waals surface area contributed by atoms with Crippen molar-refractivity contribution in [2.75, 3.05) is 6.61 Å². The highest BCUT2D eigenvalue weighted by Crippen LogP contribution is 2.28. The molecule has 0 aromatic heterocycles. The maximum Gasteiger partial charge on any atom is 0.320 e. The monoisotopic (exact) mass is 404 g/mol. The number of ether oxygens (including phenoxy) is 2. The fourth-order valence-electron chi connectivity index (χ4n) is 1.58. The number of carbonyl (C=O) groups excluding carboxylic acids is 2. The molecule has 0 aliphatic heterocycles. The van der Waals surface area contributed by atoms with Crippen molar-refractivity contribution in [1.82, 2.24) is 0 Å². The van der Waals surface area contributed by atoms with Gasteiger partial charge in [0.15, 0.2) is 6.61 Å². The summed E-state index contributed by atoms with van der Waals surface area (Å²) in [5, 5.41) is 0. The van der Waals surface area contributed by atoms with Gasteiger partial charge in [0.25, 0.3) is 0 Å². The third-order valence-electron chi connectivity index (χ3n) is 2.64.